The Morgan fingerprint density at radius 2 is 2.29 bits per heavy atom. The van der Waals surface area contributed by atoms with E-state index in [1.54, 1.807) is 5.56 Å². The van der Waals surface area contributed by atoms with Crippen LogP contribution in [0.3, 0.4) is 0 Å². The normalized spacial score (nSPS) is 20.6. The van der Waals surface area contributed by atoms with E-state index < -0.39 is 0 Å². The minimum atomic E-state index is 0.537. The lowest BCUT2D eigenvalue weighted by molar-refractivity contribution is 0.540. The molecule has 1 N–H and O–H groups in total. The van der Waals surface area contributed by atoms with E-state index in [0.717, 1.165) is 6.54 Å². The molecule has 0 radical (unpaired) electrons. The van der Waals surface area contributed by atoms with Crippen LogP contribution in [-0.4, -0.2) is 6.54 Å². The van der Waals surface area contributed by atoms with Crippen molar-refractivity contribution in [3.05, 3.63) is 34.9 Å². The Balaban J connectivity index is 2.29. The van der Waals surface area contributed by atoms with Crippen molar-refractivity contribution in [3.8, 4) is 0 Å². The zero-order valence-electron chi connectivity index (χ0n) is 9.14. The molecule has 1 nitrogen and oxygen atoms in total. The number of nitrogens with one attached hydrogen (secondary N) is 1. The molecule has 1 aromatic rings. The first-order valence-corrected chi connectivity index (χ1v) is 5.66. The van der Waals surface area contributed by atoms with Crippen LogP contribution in [0.25, 0.3) is 0 Å². The molecule has 2 rings (SSSR count). The van der Waals surface area contributed by atoms with E-state index in [9.17, 15) is 0 Å². The monoisotopic (exact) mass is 189 g/mol. The summed E-state index contributed by atoms with van der Waals surface area (Å²) < 4.78 is 0. The highest BCUT2D eigenvalue weighted by Crippen LogP contribution is 2.23. The van der Waals surface area contributed by atoms with Gasteiger partial charge in [0.05, 0.1) is 0 Å². The number of hydrogen-bond acceptors (Lipinski definition) is 1. The Morgan fingerprint density at radius 3 is 3.07 bits per heavy atom. The van der Waals surface area contributed by atoms with Gasteiger partial charge in [0.1, 0.15) is 0 Å². The minimum absolute atomic E-state index is 0.537. The third-order valence-corrected chi connectivity index (χ3v) is 3.06. The fourth-order valence-electron chi connectivity index (χ4n) is 2.28. The SMILES string of the molecule is CCCc1ccc2c(c1)CCNC2C. The lowest BCUT2D eigenvalue weighted by Gasteiger charge is -2.24. The van der Waals surface area contributed by atoms with E-state index in [2.05, 4.69) is 37.4 Å². The standard InChI is InChI=1S/C13H19N/c1-3-4-11-5-6-13-10(2)14-8-7-12(13)9-11/h5-6,9-10,14H,3-4,7-8H2,1-2H3. The maximum absolute atomic E-state index is 3.49. The summed E-state index contributed by atoms with van der Waals surface area (Å²) in [7, 11) is 0. The van der Waals surface area contributed by atoms with Crippen LogP contribution in [0.4, 0.5) is 0 Å². The predicted molar refractivity (Wildman–Crippen MR) is 60.6 cm³/mol. The summed E-state index contributed by atoms with van der Waals surface area (Å²) in [4.78, 5) is 0. The molecule has 1 atom stereocenters. The molecule has 0 aliphatic carbocycles. The van der Waals surface area contributed by atoms with Crippen molar-refractivity contribution >= 4 is 0 Å². The average molecular weight is 189 g/mol. The second-order valence-corrected chi connectivity index (χ2v) is 4.21. The van der Waals surface area contributed by atoms with E-state index in [1.165, 1.54) is 30.4 Å². The molecule has 0 aromatic heterocycles. The van der Waals surface area contributed by atoms with E-state index in [4.69, 9.17) is 0 Å². The summed E-state index contributed by atoms with van der Waals surface area (Å²) in [5, 5.41) is 3.49. The Kier molecular flexibility index (Phi) is 2.87. The Hall–Kier alpha value is -0.820. The number of rotatable bonds is 2. The van der Waals surface area contributed by atoms with Crippen molar-refractivity contribution in [1.82, 2.24) is 5.32 Å². The van der Waals surface area contributed by atoms with E-state index in [0.29, 0.717) is 6.04 Å². The molecule has 0 spiro atoms. The van der Waals surface area contributed by atoms with Gasteiger partial charge < -0.3 is 5.32 Å². The summed E-state index contributed by atoms with van der Waals surface area (Å²) in [5.41, 5.74) is 4.55. The number of benzene rings is 1. The van der Waals surface area contributed by atoms with Gasteiger partial charge in [0.25, 0.3) is 0 Å². The summed E-state index contributed by atoms with van der Waals surface area (Å²) in [6.45, 7) is 5.62. The molecular formula is C13H19N. The second kappa shape index (κ2) is 4.14. The van der Waals surface area contributed by atoms with Gasteiger partial charge >= 0.3 is 0 Å². The highest BCUT2D eigenvalue weighted by molar-refractivity contribution is 5.36. The van der Waals surface area contributed by atoms with Crippen molar-refractivity contribution in [2.24, 2.45) is 0 Å². The first-order chi connectivity index (χ1) is 6.81. The average Bonchev–Trinajstić information content (AvgIpc) is 2.18. The van der Waals surface area contributed by atoms with E-state index in [-0.39, 0.29) is 0 Å². The number of aryl methyl sites for hydroxylation is 1. The maximum atomic E-state index is 3.49. The zero-order valence-corrected chi connectivity index (χ0v) is 9.14. The lowest BCUT2D eigenvalue weighted by Crippen LogP contribution is -2.27. The molecule has 76 valence electrons. The Bertz CT molecular complexity index is 317. The fraction of sp³-hybridized carbons (Fsp3) is 0.538. The minimum Gasteiger partial charge on any atom is -0.310 e. The molecule has 1 heterocycles. The van der Waals surface area contributed by atoms with E-state index in [1.807, 2.05) is 0 Å². The lowest BCUT2D eigenvalue weighted by atomic mass is 9.92. The molecule has 0 saturated heterocycles. The van der Waals surface area contributed by atoms with Crippen LogP contribution in [0.5, 0.6) is 0 Å². The van der Waals surface area contributed by atoms with Crippen molar-refractivity contribution in [2.75, 3.05) is 6.54 Å². The van der Waals surface area contributed by atoms with Crippen molar-refractivity contribution in [1.29, 1.82) is 0 Å². The first-order valence-electron chi connectivity index (χ1n) is 5.66. The quantitative estimate of drug-likeness (QED) is 0.754. The first kappa shape index (κ1) is 9.72. The molecule has 14 heavy (non-hydrogen) atoms. The van der Waals surface area contributed by atoms with Gasteiger partial charge in [-0.05, 0) is 43.0 Å². The van der Waals surface area contributed by atoms with Crippen LogP contribution < -0.4 is 5.32 Å². The number of fused-ring (bicyclic) bond motifs is 1. The molecule has 1 aliphatic heterocycles. The van der Waals surface area contributed by atoms with Crippen molar-refractivity contribution in [3.63, 3.8) is 0 Å². The van der Waals surface area contributed by atoms with Crippen LogP contribution in [0, 0.1) is 0 Å². The topological polar surface area (TPSA) is 12.0 Å². The van der Waals surface area contributed by atoms with Gasteiger partial charge in [-0.2, -0.15) is 0 Å². The third-order valence-electron chi connectivity index (χ3n) is 3.06. The smallest absolute Gasteiger partial charge is 0.0294 e. The van der Waals surface area contributed by atoms with Gasteiger partial charge in [0, 0.05) is 6.04 Å². The molecule has 1 aromatic carbocycles. The van der Waals surface area contributed by atoms with Gasteiger partial charge in [0.2, 0.25) is 0 Å². The predicted octanol–water partition coefficient (Wildman–Crippen LogP) is 2.85. The molecule has 1 aliphatic rings. The van der Waals surface area contributed by atoms with Gasteiger partial charge in [-0.1, -0.05) is 31.5 Å². The molecule has 0 bridgehead atoms. The maximum Gasteiger partial charge on any atom is 0.0294 e. The van der Waals surface area contributed by atoms with Crippen LogP contribution >= 0.6 is 0 Å². The van der Waals surface area contributed by atoms with Crippen LogP contribution in [0.1, 0.15) is 43.0 Å². The molecule has 0 saturated carbocycles. The van der Waals surface area contributed by atoms with Gasteiger partial charge in [-0.3, -0.25) is 0 Å². The zero-order chi connectivity index (χ0) is 9.97. The van der Waals surface area contributed by atoms with Crippen molar-refractivity contribution in [2.45, 2.75) is 39.2 Å². The second-order valence-electron chi connectivity index (χ2n) is 4.21. The summed E-state index contributed by atoms with van der Waals surface area (Å²) in [6.07, 6.45) is 3.65. The summed E-state index contributed by atoms with van der Waals surface area (Å²) >= 11 is 0. The third kappa shape index (κ3) is 1.83. The summed E-state index contributed by atoms with van der Waals surface area (Å²) in [5.74, 6) is 0. The molecule has 1 heteroatoms. The largest absolute Gasteiger partial charge is 0.310 e. The molecular weight excluding hydrogens is 170 g/mol. The van der Waals surface area contributed by atoms with Crippen molar-refractivity contribution < 1.29 is 0 Å². The van der Waals surface area contributed by atoms with Gasteiger partial charge in [0.15, 0.2) is 0 Å². The number of hydrogen-bond donors (Lipinski definition) is 1. The van der Waals surface area contributed by atoms with E-state index >= 15 is 0 Å². The van der Waals surface area contributed by atoms with Crippen LogP contribution in [-0.2, 0) is 12.8 Å². The highest BCUT2D eigenvalue weighted by Gasteiger charge is 2.14. The Labute approximate surface area is 86.5 Å². The van der Waals surface area contributed by atoms with Crippen LogP contribution in [0.15, 0.2) is 18.2 Å². The molecule has 1 unspecified atom stereocenters. The Morgan fingerprint density at radius 1 is 1.43 bits per heavy atom. The fourth-order valence-corrected chi connectivity index (χ4v) is 2.28. The summed E-state index contributed by atoms with van der Waals surface area (Å²) in [6, 6.07) is 7.52. The van der Waals surface area contributed by atoms with Crippen LogP contribution in [0.2, 0.25) is 0 Å². The van der Waals surface area contributed by atoms with Gasteiger partial charge in [-0.15, -0.1) is 0 Å². The highest BCUT2D eigenvalue weighted by atomic mass is 14.9. The molecule has 0 fully saturated rings. The molecule has 0 amide bonds. The van der Waals surface area contributed by atoms with Gasteiger partial charge in [-0.25, -0.2) is 0 Å².